The topological polar surface area (TPSA) is 32.6 Å². The van der Waals surface area contributed by atoms with Crippen molar-refractivity contribution in [3.63, 3.8) is 0 Å². The second kappa shape index (κ2) is 8.78. The standard InChI is InChI=1S/C11H23NO.Sc/c1-5-8-11(13,9-6-2)10(4)12-7-3;/h13H,5-9H2,1-4H3;. The van der Waals surface area contributed by atoms with Gasteiger partial charge in [0.15, 0.2) is 0 Å². The van der Waals surface area contributed by atoms with Gasteiger partial charge in [0.25, 0.3) is 0 Å². The van der Waals surface area contributed by atoms with E-state index < -0.39 is 5.60 Å². The van der Waals surface area contributed by atoms with Gasteiger partial charge < -0.3 is 5.11 Å². The summed E-state index contributed by atoms with van der Waals surface area (Å²) < 4.78 is 0. The Labute approximate surface area is 107 Å². The predicted molar refractivity (Wildman–Crippen MR) is 58.4 cm³/mol. The molecule has 0 aliphatic carbocycles. The average molecular weight is 230 g/mol. The molecule has 0 aliphatic heterocycles. The summed E-state index contributed by atoms with van der Waals surface area (Å²) in [7, 11) is 0. The fourth-order valence-corrected chi connectivity index (χ4v) is 1.70. The molecule has 1 N–H and O–H groups in total. The molecule has 0 rings (SSSR count). The summed E-state index contributed by atoms with van der Waals surface area (Å²) in [6.45, 7) is 8.90. The molecule has 0 unspecified atom stereocenters. The summed E-state index contributed by atoms with van der Waals surface area (Å²) >= 11 is 0. The summed E-state index contributed by atoms with van der Waals surface area (Å²) in [4.78, 5) is 4.30. The van der Waals surface area contributed by atoms with Crippen LogP contribution < -0.4 is 0 Å². The second-order valence-corrected chi connectivity index (χ2v) is 3.59. The Kier molecular flexibility index (Phi) is 10.6. The third kappa shape index (κ3) is 5.40. The Bertz CT molecular complexity index is 163. The van der Waals surface area contributed by atoms with Gasteiger partial charge in [0.2, 0.25) is 0 Å². The molecular formula is C11H23NOSc. The summed E-state index contributed by atoms with van der Waals surface area (Å²) in [5.74, 6) is 0. The van der Waals surface area contributed by atoms with Crippen LogP contribution in [0.1, 0.15) is 53.4 Å². The number of hydrogen-bond donors (Lipinski definition) is 1. The minimum Gasteiger partial charge on any atom is -0.384 e. The zero-order chi connectivity index (χ0) is 10.3. The summed E-state index contributed by atoms with van der Waals surface area (Å²) in [6.07, 6.45) is 3.67. The maximum absolute atomic E-state index is 10.3. The molecular weight excluding hydrogens is 207 g/mol. The molecule has 2 nitrogen and oxygen atoms in total. The second-order valence-electron chi connectivity index (χ2n) is 3.59. The van der Waals surface area contributed by atoms with E-state index in [1.807, 2.05) is 13.8 Å². The Balaban J connectivity index is 0. The maximum atomic E-state index is 10.3. The first-order valence-corrected chi connectivity index (χ1v) is 5.34. The van der Waals surface area contributed by atoms with Crippen LogP contribution in [0.15, 0.2) is 4.99 Å². The number of rotatable bonds is 6. The minimum absolute atomic E-state index is 0. The van der Waals surface area contributed by atoms with Crippen LogP contribution in [0.5, 0.6) is 0 Å². The zero-order valence-electron chi connectivity index (χ0n) is 10.0. The van der Waals surface area contributed by atoms with E-state index in [0.29, 0.717) is 0 Å². The van der Waals surface area contributed by atoms with Crippen LogP contribution in [-0.4, -0.2) is 23.0 Å². The van der Waals surface area contributed by atoms with Crippen molar-refractivity contribution in [2.24, 2.45) is 4.99 Å². The summed E-state index contributed by atoms with van der Waals surface area (Å²) in [5.41, 5.74) is 0.262. The fraction of sp³-hybridized carbons (Fsp3) is 0.909. The van der Waals surface area contributed by atoms with E-state index in [4.69, 9.17) is 0 Å². The monoisotopic (exact) mass is 230 g/mol. The first kappa shape index (κ1) is 16.9. The van der Waals surface area contributed by atoms with Crippen molar-refractivity contribution in [1.82, 2.24) is 0 Å². The van der Waals surface area contributed by atoms with Gasteiger partial charge >= 0.3 is 0 Å². The third-order valence-corrected chi connectivity index (χ3v) is 2.40. The number of nitrogens with zero attached hydrogens (tertiary/aromatic N) is 1. The molecule has 0 bridgehead atoms. The van der Waals surface area contributed by atoms with Gasteiger partial charge in [0.1, 0.15) is 5.60 Å². The van der Waals surface area contributed by atoms with Gasteiger partial charge in [-0.05, 0) is 26.7 Å². The van der Waals surface area contributed by atoms with Crippen molar-refractivity contribution in [1.29, 1.82) is 0 Å². The number of aliphatic imine (C=N–C) groups is 1. The molecule has 0 aromatic carbocycles. The SMILES string of the molecule is CCCC(O)(CCC)C(C)=NCC.[Sc]. The first-order chi connectivity index (χ1) is 6.10. The Morgan fingerprint density at radius 1 is 1.14 bits per heavy atom. The molecule has 0 amide bonds. The molecule has 0 saturated heterocycles. The normalized spacial score (nSPS) is 12.5. The van der Waals surface area contributed by atoms with E-state index >= 15 is 0 Å². The van der Waals surface area contributed by atoms with E-state index in [1.54, 1.807) is 0 Å². The summed E-state index contributed by atoms with van der Waals surface area (Å²) in [5, 5.41) is 10.3. The van der Waals surface area contributed by atoms with Crippen molar-refractivity contribution in [2.45, 2.75) is 59.0 Å². The van der Waals surface area contributed by atoms with Crippen molar-refractivity contribution < 1.29 is 30.9 Å². The maximum Gasteiger partial charge on any atom is 0.102 e. The molecule has 0 spiro atoms. The Morgan fingerprint density at radius 3 is 1.86 bits per heavy atom. The molecule has 1 radical (unpaired) electrons. The smallest absolute Gasteiger partial charge is 0.102 e. The average Bonchev–Trinajstić information content (AvgIpc) is 2.05. The summed E-state index contributed by atoms with van der Waals surface area (Å²) in [6, 6.07) is 0. The van der Waals surface area contributed by atoms with Gasteiger partial charge in [-0.1, -0.05) is 26.7 Å². The number of aliphatic hydroxyl groups is 1. The van der Waals surface area contributed by atoms with Crippen molar-refractivity contribution in [3.8, 4) is 0 Å². The molecule has 0 saturated carbocycles. The number of hydrogen-bond acceptors (Lipinski definition) is 2. The van der Waals surface area contributed by atoms with Gasteiger partial charge in [0, 0.05) is 38.1 Å². The molecule has 0 heterocycles. The Hall–Kier alpha value is 0.500. The van der Waals surface area contributed by atoms with Gasteiger partial charge in [0.05, 0.1) is 0 Å². The van der Waals surface area contributed by atoms with E-state index in [2.05, 4.69) is 18.8 Å². The molecule has 3 heteroatoms. The van der Waals surface area contributed by atoms with E-state index in [0.717, 1.165) is 37.9 Å². The quantitative estimate of drug-likeness (QED) is 0.699. The Morgan fingerprint density at radius 2 is 1.57 bits per heavy atom. The zero-order valence-corrected chi connectivity index (χ0v) is 11.8. The minimum atomic E-state index is -0.639. The fourth-order valence-electron chi connectivity index (χ4n) is 1.70. The molecule has 0 aromatic heterocycles. The predicted octanol–water partition coefficient (Wildman–Crippen LogP) is 2.80. The van der Waals surface area contributed by atoms with Crippen LogP contribution in [0, 0.1) is 0 Å². The van der Waals surface area contributed by atoms with Crippen molar-refractivity contribution in [2.75, 3.05) is 6.54 Å². The van der Waals surface area contributed by atoms with Gasteiger partial charge in [-0.2, -0.15) is 0 Å². The molecule has 0 aliphatic rings. The van der Waals surface area contributed by atoms with E-state index in [9.17, 15) is 5.11 Å². The molecule has 0 fully saturated rings. The van der Waals surface area contributed by atoms with E-state index in [1.165, 1.54) is 0 Å². The van der Waals surface area contributed by atoms with Gasteiger partial charge in [-0.25, -0.2) is 0 Å². The third-order valence-electron chi connectivity index (χ3n) is 2.40. The van der Waals surface area contributed by atoms with Gasteiger partial charge in [-0.3, -0.25) is 4.99 Å². The van der Waals surface area contributed by atoms with Crippen LogP contribution in [0.25, 0.3) is 0 Å². The van der Waals surface area contributed by atoms with Crippen LogP contribution in [0.4, 0.5) is 0 Å². The van der Waals surface area contributed by atoms with E-state index in [-0.39, 0.29) is 25.8 Å². The van der Waals surface area contributed by atoms with Crippen molar-refractivity contribution >= 4 is 5.71 Å². The van der Waals surface area contributed by atoms with Crippen LogP contribution >= 0.6 is 0 Å². The molecule has 0 atom stereocenters. The van der Waals surface area contributed by atoms with Crippen LogP contribution in [0.3, 0.4) is 0 Å². The molecule has 81 valence electrons. The largest absolute Gasteiger partial charge is 0.384 e. The van der Waals surface area contributed by atoms with Gasteiger partial charge in [-0.15, -0.1) is 0 Å². The van der Waals surface area contributed by atoms with Crippen molar-refractivity contribution in [3.05, 3.63) is 0 Å². The first-order valence-electron chi connectivity index (χ1n) is 5.34. The molecule has 14 heavy (non-hydrogen) atoms. The van der Waals surface area contributed by atoms with Crippen LogP contribution in [-0.2, 0) is 25.8 Å². The molecule has 0 aromatic rings. The van der Waals surface area contributed by atoms with Crippen LogP contribution in [0.2, 0.25) is 0 Å².